The molecular weight excluding hydrogens is 244 g/mol. The first-order chi connectivity index (χ1) is 9.54. The molecule has 1 fully saturated rings. The maximum atomic E-state index is 10.1. The highest BCUT2D eigenvalue weighted by atomic mass is 16.3. The molecule has 0 aromatic rings. The maximum Gasteiger partial charge on any atom is 0.0790 e. The second-order valence-corrected chi connectivity index (χ2v) is 6.86. The van der Waals surface area contributed by atoms with Gasteiger partial charge in [-0.25, -0.2) is 0 Å². The minimum atomic E-state index is -0.316. The van der Waals surface area contributed by atoms with Gasteiger partial charge in [0.15, 0.2) is 0 Å². The van der Waals surface area contributed by atoms with Crippen LogP contribution in [-0.4, -0.2) is 11.2 Å². The predicted molar refractivity (Wildman–Crippen MR) is 86.4 cm³/mol. The molecule has 5 atom stereocenters. The van der Waals surface area contributed by atoms with E-state index in [1.165, 1.54) is 25.7 Å². The highest BCUT2D eigenvalue weighted by Crippen LogP contribution is 2.47. The molecule has 0 aromatic carbocycles. The molecule has 2 aliphatic rings. The van der Waals surface area contributed by atoms with Crippen LogP contribution >= 0.6 is 0 Å². The molecule has 0 unspecified atom stereocenters. The summed E-state index contributed by atoms with van der Waals surface area (Å²) in [7, 11) is 0. The molecule has 1 heteroatoms. The molecule has 0 saturated heterocycles. The first kappa shape index (κ1) is 15.6. The third-order valence-electron chi connectivity index (χ3n) is 5.44. The molecule has 112 valence electrons. The number of hydrogen-bond acceptors (Lipinski definition) is 1. The Bertz CT molecular complexity index is 404. The molecule has 0 aromatic heterocycles. The Labute approximate surface area is 124 Å². The van der Waals surface area contributed by atoms with E-state index in [-0.39, 0.29) is 6.10 Å². The zero-order chi connectivity index (χ0) is 14.7. The van der Waals surface area contributed by atoms with Crippen LogP contribution in [-0.2, 0) is 0 Å². The third-order valence-corrected chi connectivity index (χ3v) is 5.44. The van der Waals surface area contributed by atoms with Crippen molar-refractivity contribution >= 4 is 0 Å². The molecule has 0 amide bonds. The SMILES string of the molecule is C=C1C=C2[C@@H](C[C@@H]1O)[C@@H](C)CC[C@@H]2[C@@H](C)CC/C=C/C. The first-order valence-electron chi connectivity index (χ1n) is 8.24. The van der Waals surface area contributed by atoms with Crippen LogP contribution in [0.5, 0.6) is 0 Å². The zero-order valence-corrected chi connectivity index (χ0v) is 13.3. The Morgan fingerprint density at radius 3 is 2.90 bits per heavy atom. The number of aliphatic hydroxyl groups excluding tert-OH is 1. The van der Waals surface area contributed by atoms with Crippen LogP contribution in [0.1, 0.15) is 52.9 Å². The second-order valence-electron chi connectivity index (χ2n) is 6.86. The highest BCUT2D eigenvalue weighted by molar-refractivity contribution is 5.33. The van der Waals surface area contributed by atoms with Crippen molar-refractivity contribution in [2.45, 2.75) is 59.0 Å². The van der Waals surface area contributed by atoms with Gasteiger partial charge < -0.3 is 5.11 Å². The number of rotatable bonds is 4. The summed E-state index contributed by atoms with van der Waals surface area (Å²) in [6.07, 6.45) is 12.3. The van der Waals surface area contributed by atoms with Crippen molar-refractivity contribution < 1.29 is 5.11 Å². The quantitative estimate of drug-likeness (QED) is 0.724. The van der Waals surface area contributed by atoms with Gasteiger partial charge in [-0.3, -0.25) is 0 Å². The Morgan fingerprint density at radius 1 is 1.45 bits per heavy atom. The molecule has 1 nitrogen and oxygen atoms in total. The summed E-state index contributed by atoms with van der Waals surface area (Å²) in [6.45, 7) is 10.9. The van der Waals surface area contributed by atoms with Crippen LogP contribution in [0.4, 0.5) is 0 Å². The van der Waals surface area contributed by atoms with Crippen molar-refractivity contribution in [1.82, 2.24) is 0 Å². The van der Waals surface area contributed by atoms with Crippen LogP contribution in [0, 0.1) is 23.7 Å². The zero-order valence-electron chi connectivity index (χ0n) is 13.3. The fourth-order valence-corrected chi connectivity index (χ4v) is 4.04. The molecule has 2 aliphatic carbocycles. The monoisotopic (exact) mass is 274 g/mol. The molecule has 2 rings (SSSR count). The van der Waals surface area contributed by atoms with Crippen LogP contribution in [0.15, 0.2) is 36.0 Å². The van der Waals surface area contributed by atoms with E-state index in [1.807, 2.05) is 0 Å². The van der Waals surface area contributed by atoms with E-state index >= 15 is 0 Å². The van der Waals surface area contributed by atoms with Crippen LogP contribution in [0.3, 0.4) is 0 Å². The smallest absolute Gasteiger partial charge is 0.0790 e. The highest BCUT2D eigenvalue weighted by Gasteiger charge is 2.38. The second kappa shape index (κ2) is 6.76. The lowest BCUT2D eigenvalue weighted by Crippen LogP contribution is -2.35. The summed E-state index contributed by atoms with van der Waals surface area (Å²) < 4.78 is 0. The van der Waals surface area contributed by atoms with Gasteiger partial charge >= 0.3 is 0 Å². The Balaban J connectivity index is 2.13. The van der Waals surface area contributed by atoms with Crippen molar-refractivity contribution in [1.29, 1.82) is 0 Å². The molecule has 0 bridgehead atoms. The van der Waals surface area contributed by atoms with Crippen LogP contribution in [0.2, 0.25) is 0 Å². The van der Waals surface area contributed by atoms with Crippen LogP contribution < -0.4 is 0 Å². The summed E-state index contributed by atoms with van der Waals surface area (Å²) in [6, 6.07) is 0. The van der Waals surface area contributed by atoms with Gasteiger partial charge in [-0.2, -0.15) is 0 Å². The van der Waals surface area contributed by atoms with E-state index < -0.39 is 0 Å². The van der Waals surface area contributed by atoms with E-state index in [0.29, 0.717) is 17.8 Å². The lowest BCUT2D eigenvalue weighted by molar-refractivity contribution is 0.131. The summed E-state index contributed by atoms with van der Waals surface area (Å²) in [4.78, 5) is 0. The topological polar surface area (TPSA) is 20.2 Å². The number of aliphatic hydroxyl groups is 1. The lowest BCUT2D eigenvalue weighted by Gasteiger charge is -2.43. The Hall–Kier alpha value is -0.820. The van der Waals surface area contributed by atoms with Crippen LogP contribution in [0.25, 0.3) is 0 Å². The van der Waals surface area contributed by atoms with E-state index in [9.17, 15) is 5.11 Å². The van der Waals surface area contributed by atoms with E-state index in [2.05, 4.69) is 45.6 Å². The molecule has 0 aliphatic heterocycles. The van der Waals surface area contributed by atoms with Crippen molar-refractivity contribution in [3.8, 4) is 0 Å². The number of fused-ring (bicyclic) bond motifs is 1. The Kier molecular flexibility index (Phi) is 5.26. The molecule has 0 heterocycles. The van der Waals surface area contributed by atoms with Gasteiger partial charge in [-0.15, -0.1) is 0 Å². The van der Waals surface area contributed by atoms with E-state index in [4.69, 9.17) is 0 Å². The minimum absolute atomic E-state index is 0.316. The van der Waals surface area contributed by atoms with E-state index in [1.54, 1.807) is 5.57 Å². The fraction of sp³-hybridized carbons (Fsp3) is 0.684. The molecule has 0 radical (unpaired) electrons. The van der Waals surface area contributed by atoms with Gasteiger partial charge in [0.05, 0.1) is 6.10 Å². The number of allylic oxidation sites excluding steroid dienone is 3. The predicted octanol–water partition coefficient (Wildman–Crippen LogP) is 4.89. The molecule has 1 N–H and O–H groups in total. The number of hydrogen-bond donors (Lipinski definition) is 1. The summed E-state index contributed by atoms with van der Waals surface area (Å²) in [5.74, 6) is 2.72. The van der Waals surface area contributed by atoms with Gasteiger partial charge in [0.2, 0.25) is 0 Å². The van der Waals surface area contributed by atoms with Crippen molar-refractivity contribution in [2.24, 2.45) is 23.7 Å². The standard InChI is InChI=1S/C19H30O/c1-5-6-7-8-13(2)16-10-9-14(3)17-12-19(20)15(4)11-18(16)17/h5-6,11,13-14,16-17,19-20H,4,7-10,12H2,1-3H3/b6-5+/t13-,14-,16+,17-,19-/m0/s1. The summed E-state index contributed by atoms with van der Waals surface area (Å²) in [5.41, 5.74) is 2.52. The Morgan fingerprint density at radius 2 is 2.20 bits per heavy atom. The maximum absolute atomic E-state index is 10.1. The minimum Gasteiger partial charge on any atom is -0.388 e. The molecule has 20 heavy (non-hydrogen) atoms. The van der Waals surface area contributed by atoms with Crippen molar-refractivity contribution in [3.63, 3.8) is 0 Å². The summed E-state index contributed by atoms with van der Waals surface area (Å²) >= 11 is 0. The molecule has 0 spiro atoms. The van der Waals surface area contributed by atoms with E-state index in [0.717, 1.165) is 17.9 Å². The molecule has 1 saturated carbocycles. The first-order valence-corrected chi connectivity index (χ1v) is 8.24. The summed E-state index contributed by atoms with van der Waals surface area (Å²) in [5, 5.41) is 10.1. The lowest BCUT2D eigenvalue weighted by atomic mass is 9.62. The largest absolute Gasteiger partial charge is 0.388 e. The molecular formula is C19H30O. The van der Waals surface area contributed by atoms with Gasteiger partial charge in [0.1, 0.15) is 0 Å². The fourth-order valence-electron chi connectivity index (χ4n) is 4.04. The van der Waals surface area contributed by atoms with Crippen molar-refractivity contribution in [2.75, 3.05) is 0 Å². The van der Waals surface area contributed by atoms with Crippen molar-refractivity contribution in [3.05, 3.63) is 36.0 Å². The van der Waals surface area contributed by atoms with Gasteiger partial charge in [-0.1, -0.05) is 44.2 Å². The van der Waals surface area contributed by atoms with Gasteiger partial charge in [-0.05, 0) is 68.3 Å². The average Bonchev–Trinajstić information content (AvgIpc) is 2.41. The average molecular weight is 274 g/mol. The normalized spacial score (nSPS) is 35.8. The van der Waals surface area contributed by atoms with Gasteiger partial charge in [0, 0.05) is 0 Å². The third kappa shape index (κ3) is 3.25. The van der Waals surface area contributed by atoms with Gasteiger partial charge in [0.25, 0.3) is 0 Å².